The predicted octanol–water partition coefficient (Wildman–Crippen LogP) is 5.64. The zero-order valence-electron chi connectivity index (χ0n) is 26.1. The third kappa shape index (κ3) is 9.32. The third-order valence-corrected chi connectivity index (χ3v) is 9.34. The van der Waals surface area contributed by atoms with Crippen molar-refractivity contribution in [1.29, 1.82) is 0 Å². The van der Waals surface area contributed by atoms with Gasteiger partial charge in [0.05, 0.1) is 19.1 Å². The molecule has 44 heavy (non-hydrogen) atoms. The normalized spacial score (nSPS) is 14.4. The fourth-order valence-electron chi connectivity index (χ4n) is 5.92. The molecule has 0 aliphatic heterocycles. The number of aryl methyl sites for hydroxylation is 1. The summed E-state index contributed by atoms with van der Waals surface area (Å²) in [6.45, 7) is 2.38. The van der Waals surface area contributed by atoms with Crippen molar-refractivity contribution >= 4 is 27.5 Å². The van der Waals surface area contributed by atoms with E-state index in [4.69, 9.17) is 4.74 Å². The van der Waals surface area contributed by atoms with E-state index in [0.29, 0.717) is 17.9 Å². The van der Waals surface area contributed by atoms with Gasteiger partial charge in [0.2, 0.25) is 21.8 Å². The van der Waals surface area contributed by atoms with Crippen LogP contribution in [0.25, 0.3) is 0 Å². The average Bonchev–Trinajstić information content (AvgIpc) is 3.01. The second-order valence-electron chi connectivity index (χ2n) is 11.7. The molecule has 0 unspecified atom stereocenters. The number of nitrogens with zero attached hydrogens (tertiary/aromatic N) is 2. The fraction of sp³-hybridized carbons (Fsp3) is 0.429. The molecule has 0 bridgehead atoms. The molecule has 0 heterocycles. The van der Waals surface area contributed by atoms with Crippen LogP contribution in [0.3, 0.4) is 0 Å². The molecule has 1 aliphatic rings. The zero-order chi connectivity index (χ0) is 31.5. The quantitative estimate of drug-likeness (QED) is 0.252. The fourth-order valence-corrected chi connectivity index (χ4v) is 6.89. The van der Waals surface area contributed by atoms with E-state index in [1.54, 1.807) is 29.2 Å². The van der Waals surface area contributed by atoms with Crippen LogP contribution in [0.2, 0.25) is 0 Å². The average molecular weight is 620 g/mol. The van der Waals surface area contributed by atoms with Gasteiger partial charge in [-0.25, -0.2) is 8.42 Å². The van der Waals surface area contributed by atoms with Gasteiger partial charge in [0, 0.05) is 32.0 Å². The van der Waals surface area contributed by atoms with Crippen LogP contribution in [0.1, 0.15) is 61.6 Å². The number of carbonyl (C=O) groups excluding carboxylic acids is 2. The number of nitrogens with one attached hydrogen (secondary N) is 1. The van der Waals surface area contributed by atoms with E-state index in [1.807, 2.05) is 61.5 Å². The van der Waals surface area contributed by atoms with Crippen LogP contribution in [-0.2, 0) is 32.6 Å². The molecule has 3 aromatic rings. The number of methoxy groups -OCH3 is 1. The maximum absolute atomic E-state index is 14.1. The van der Waals surface area contributed by atoms with E-state index in [2.05, 4.69) is 5.32 Å². The summed E-state index contributed by atoms with van der Waals surface area (Å²) in [5, 5.41) is 3.27. The highest BCUT2D eigenvalue weighted by Crippen LogP contribution is 2.30. The molecule has 0 saturated heterocycles. The molecule has 8 nitrogen and oxygen atoms in total. The molecular weight excluding hydrogens is 574 g/mol. The van der Waals surface area contributed by atoms with Crippen LogP contribution in [-0.4, -0.2) is 57.1 Å². The maximum atomic E-state index is 14.1. The standard InChI is InChI=1S/C35H45N3O5S/c1-27-14-12-17-29(24-27)26-37(32(25-28-15-6-4-7-16-28)35(40)36-30-18-8-5-9-19-30)34(39)22-13-23-38(44(3,41)42)31-20-10-11-21-33(31)43-2/h4,6-7,10-12,14-17,20-21,24,30,32H,5,8-9,13,18-19,22-23,25-26H2,1-3H3,(H,36,40)/t32-/m1/s1. The summed E-state index contributed by atoms with van der Waals surface area (Å²) in [4.78, 5) is 29.8. The Morgan fingerprint density at radius 1 is 0.932 bits per heavy atom. The Labute approximate surface area is 262 Å². The highest BCUT2D eigenvalue weighted by molar-refractivity contribution is 7.92. The first-order valence-electron chi connectivity index (χ1n) is 15.5. The van der Waals surface area contributed by atoms with Gasteiger partial charge >= 0.3 is 0 Å². The van der Waals surface area contributed by atoms with Crippen molar-refractivity contribution in [3.8, 4) is 5.75 Å². The number of ether oxygens (including phenoxy) is 1. The van der Waals surface area contributed by atoms with Gasteiger partial charge in [-0.05, 0) is 49.4 Å². The number of benzene rings is 3. The summed E-state index contributed by atoms with van der Waals surface area (Å²) in [5.41, 5.74) is 3.41. The van der Waals surface area contributed by atoms with Crippen LogP contribution in [0.4, 0.5) is 5.69 Å². The van der Waals surface area contributed by atoms with Gasteiger partial charge in [-0.2, -0.15) is 0 Å². The van der Waals surface area contributed by atoms with Crippen LogP contribution >= 0.6 is 0 Å². The molecule has 2 amide bonds. The SMILES string of the molecule is COc1ccccc1N(CCCC(=O)N(Cc1cccc(C)c1)[C@H](Cc1ccccc1)C(=O)NC1CCCCC1)S(C)(=O)=O. The summed E-state index contributed by atoms with van der Waals surface area (Å²) in [6, 6.07) is 24.1. The summed E-state index contributed by atoms with van der Waals surface area (Å²) < 4.78 is 32.3. The summed E-state index contributed by atoms with van der Waals surface area (Å²) in [7, 11) is -2.15. The van der Waals surface area contributed by atoms with Crippen molar-refractivity contribution in [2.45, 2.75) is 76.9 Å². The van der Waals surface area contributed by atoms with Crippen molar-refractivity contribution in [2.75, 3.05) is 24.2 Å². The van der Waals surface area contributed by atoms with Gasteiger partial charge < -0.3 is 15.0 Å². The monoisotopic (exact) mass is 619 g/mol. The zero-order valence-corrected chi connectivity index (χ0v) is 26.9. The summed E-state index contributed by atoms with van der Waals surface area (Å²) >= 11 is 0. The number of rotatable bonds is 14. The van der Waals surface area contributed by atoms with Crippen LogP contribution < -0.4 is 14.4 Å². The Hall–Kier alpha value is -3.85. The van der Waals surface area contributed by atoms with Crippen molar-refractivity contribution in [3.63, 3.8) is 0 Å². The molecule has 3 aromatic carbocycles. The van der Waals surface area contributed by atoms with Crippen molar-refractivity contribution in [1.82, 2.24) is 10.2 Å². The number of carbonyl (C=O) groups is 2. The molecule has 4 rings (SSSR count). The Balaban J connectivity index is 1.60. The molecule has 9 heteroatoms. The minimum absolute atomic E-state index is 0.0784. The van der Waals surface area contributed by atoms with E-state index in [1.165, 1.54) is 17.8 Å². The van der Waals surface area contributed by atoms with Gasteiger partial charge in [-0.3, -0.25) is 13.9 Å². The Morgan fingerprint density at radius 2 is 1.61 bits per heavy atom. The highest BCUT2D eigenvalue weighted by atomic mass is 32.2. The third-order valence-electron chi connectivity index (χ3n) is 8.16. The molecule has 1 atom stereocenters. The number of hydrogen-bond acceptors (Lipinski definition) is 5. The number of para-hydroxylation sites is 2. The first kappa shape index (κ1) is 33.1. The summed E-state index contributed by atoms with van der Waals surface area (Å²) in [5.74, 6) is 0.0980. The molecule has 1 N–H and O–H groups in total. The number of hydrogen-bond donors (Lipinski definition) is 1. The van der Waals surface area contributed by atoms with Crippen molar-refractivity contribution in [2.24, 2.45) is 0 Å². The Morgan fingerprint density at radius 3 is 2.30 bits per heavy atom. The van der Waals surface area contributed by atoms with Gasteiger partial charge in [0.25, 0.3) is 0 Å². The molecule has 1 fully saturated rings. The van der Waals surface area contributed by atoms with E-state index < -0.39 is 16.1 Å². The lowest BCUT2D eigenvalue weighted by molar-refractivity contribution is -0.141. The predicted molar refractivity (Wildman–Crippen MR) is 175 cm³/mol. The maximum Gasteiger partial charge on any atom is 0.243 e. The summed E-state index contributed by atoms with van der Waals surface area (Å²) in [6.07, 6.45) is 7.12. The van der Waals surface area contributed by atoms with Gasteiger partial charge in [0.1, 0.15) is 11.8 Å². The second kappa shape index (κ2) is 15.7. The highest BCUT2D eigenvalue weighted by Gasteiger charge is 2.32. The lowest BCUT2D eigenvalue weighted by atomic mass is 9.94. The Bertz CT molecular complexity index is 1490. The van der Waals surface area contributed by atoms with Gasteiger partial charge in [-0.15, -0.1) is 0 Å². The van der Waals surface area contributed by atoms with Crippen LogP contribution in [0.15, 0.2) is 78.9 Å². The van der Waals surface area contributed by atoms with Gasteiger partial charge in [0.15, 0.2) is 0 Å². The van der Waals surface area contributed by atoms with E-state index >= 15 is 0 Å². The molecule has 236 valence electrons. The molecular formula is C35H45N3O5S. The minimum Gasteiger partial charge on any atom is -0.495 e. The lowest BCUT2D eigenvalue weighted by Gasteiger charge is -2.34. The van der Waals surface area contributed by atoms with Gasteiger partial charge in [-0.1, -0.05) is 91.6 Å². The molecule has 0 aromatic heterocycles. The first-order chi connectivity index (χ1) is 21.2. The Kier molecular flexibility index (Phi) is 11.8. The van der Waals surface area contributed by atoms with E-state index in [-0.39, 0.29) is 43.8 Å². The smallest absolute Gasteiger partial charge is 0.243 e. The number of sulfonamides is 1. The molecule has 1 saturated carbocycles. The lowest BCUT2D eigenvalue weighted by Crippen LogP contribution is -2.53. The topological polar surface area (TPSA) is 96.0 Å². The minimum atomic E-state index is -3.64. The van der Waals surface area contributed by atoms with Crippen molar-refractivity contribution < 1.29 is 22.7 Å². The molecule has 0 spiro atoms. The molecule has 0 radical (unpaired) electrons. The number of anilines is 1. The first-order valence-corrected chi connectivity index (χ1v) is 17.3. The van der Waals surface area contributed by atoms with Crippen molar-refractivity contribution in [3.05, 3.63) is 95.6 Å². The van der Waals surface area contributed by atoms with Crippen LogP contribution in [0, 0.1) is 6.92 Å². The molecule has 1 aliphatic carbocycles. The van der Waals surface area contributed by atoms with Crippen LogP contribution in [0.5, 0.6) is 5.75 Å². The second-order valence-corrected chi connectivity index (χ2v) is 13.6. The van der Waals surface area contributed by atoms with E-state index in [9.17, 15) is 18.0 Å². The largest absolute Gasteiger partial charge is 0.495 e. The number of amides is 2. The van der Waals surface area contributed by atoms with E-state index in [0.717, 1.165) is 48.6 Å².